The van der Waals surface area contributed by atoms with Crippen LogP contribution in [0.3, 0.4) is 0 Å². The topological polar surface area (TPSA) is 212 Å². The molecule has 0 spiro atoms. The molecule has 0 fully saturated rings. The van der Waals surface area contributed by atoms with Gasteiger partial charge in [-0.05, 0) is 49.3 Å². The Hall–Kier alpha value is -5.33. The molecule has 8 N–H and O–H groups in total. The Labute approximate surface area is 253 Å². The molecule has 13 nitrogen and oxygen atoms in total. The van der Waals surface area contributed by atoms with E-state index >= 15 is 0 Å². The predicted molar refractivity (Wildman–Crippen MR) is 167 cm³/mol. The minimum atomic E-state index is -0.634. The van der Waals surface area contributed by atoms with Crippen LogP contribution in [0.5, 0.6) is 0 Å². The highest BCUT2D eigenvalue weighted by molar-refractivity contribution is 5.97. The Morgan fingerprint density at radius 3 is 2.59 bits per heavy atom. The third-order valence-corrected chi connectivity index (χ3v) is 8.04. The number of anilines is 2. The summed E-state index contributed by atoms with van der Waals surface area (Å²) in [6, 6.07) is 7.01. The van der Waals surface area contributed by atoms with E-state index in [2.05, 4.69) is 25.7 Å². The monoisotopic (exact) mass is 597 g/mol. The number of benzene rings is 1. The largest absolute Gasteiger partial charge is 0.394 e. The number of nitrogens with one attached hydrogen (secondary N) is 2. The van der Waals surface area contributed by atoms with Crippen LogP contribution >= 0.6 is 0 Å². The standard InChI is InChI=1S/C31H35N9O4/c1-17-5-8-22(4-2-3-20(11-17)29(33)39-34)38-31(44)24-13-23(36-16-37-24)30(43)35-14-18-6-7-19-9-10-40(15-21(19)12-18)26-25(32)27(41)28(26)42/h2,4,6-7,11-13,16,20,22H,3,5,8-10,14-15,32,34H2,1H3,(H2,33,39)(H,35,43)(H,38,44)/b4-2+,17-11+. The fraction of sp³-hybridized carbons (Fsp3) is 0.323. The van der Waals surface area contributed by atoms with Gasteiger partial charge in [0.1, 0.15) is 34.9 Å². The number of amides is 2. The number of nitrogens with two attached hydrogens (primary N) is 3. The summed E-state index contributed by atoms with van der Waals surface area (Å²) in [5.74, 6) is 4.74. The van der Waals surface area contributed by atoms with Crippen LogP contribution < -0.4 is 43.7 Å². The minimum Gasteiger partial charge on any atom is -0.394 e. The number of rotatable bonds is 7. The number of hydrogen-bond acceptors (Lipinski definition) is 10. The van der Waals surface area contributed by atoms with E-state index in [1.165, 1.54) is 12.4 Å². The number of carbonyl (C=O) groups is 2. The van der Waals surface area contributed by atoms with E-state index in [0.29, 0.717) is 38.2 Å². The molecule has 2 aromatic carbocycles. The number of fused-ring (bicyclic) bond motifs is 1. The van der Waals surface area contributed by atoms with Crippen LogP contribution in [0.25, 0.3) is 0 Å². The van der Waals surface area contributed by atoms with Crippen LogP contribution in [0, 0.1) is 5.92 Å². The molecule has 2 amide bonds. The highest BCUT2D eigenvalue weighted by Gasteiger charge is 2.27. The number of aromatic nitrogens is 2. The summed E-state index contributed by atoms with van der Waals surface area (Å²) in [4.78, 5) is 59.5. The van der Waals surface area contributed by atoms with Crippen LogP contribution in [-0.2, 0) is 19.5 Å². The fourth-order valence-corrected chi connectivity index (χ4v) is 5.53. The first-order valence-corrected chi connectivity index (χ1v) is 14.4. The van der Waals surface area contributed by atoms with Crippen molar-refractivity contribution in [2.75, 3.05) is 17.2 Å². The number of amidine groups is 1. The zero-order chi connectivity index (χ0) is 31.4. The van der Waals surface area contributed by atoms with E-state index in [1.807, 2.05) is 48.3 Å². The van der Waals surface area contributed by atoms with Crippen molar-refractivity contribution in [3.05, 3.63) is 103 Å². The zero-order valence-electron chi connectivity index (χ0n) is 24.4. The van der Waals surface area contributed by atoms with Crippen LogP contribution in [0.15, 0.2) is 69.1 Å². The first kappa shape index (κ1) is 30.1. The second kappa shape index (κ2) is 12.9. The number of nitrogens with zero attached hydrogens (tertiary/aromatic N) is 4. The van der Waals surface area contributed by atoms with E-state index in [9.17, 15) is 19.2 Å². The fourth-order valence-electron chi connectivity index (χ4n) is 5.53. The molecule has 0 saturated carbocycles. The Morgan fingerprint density at radius 2 is 1.84 bits per heavy atom. The summed E-state index contributed by atoms with van der Waals surface area (Å²) in [6.45, 7) is 3.26. The molecule has 0 bridgehead atoms. The van der Waals surface area contributed by atoms with Crippen molar-refractivity contribution < 1.29 is 9.59 Å². The Kier molecular flexibility index (Phi) is 8.83. The molecule has 228 valence electrons. The van der Waals surface area contributed by atoms with Gasteiger partial charge in [-0.3, -0.25) is 19.2 Å². The van der Waals surface area contributed by atoms with E-state index < -0.39 is 22.7 Å². The maximum Gasteiger partial charge on any atom is 0.270 e. The van der Waals surface area contributed by atoms with Gasteiger partial charge in [-0.1, -0.05) is 42.0 Å². The Bertz CT molecular complexity index is 1750. The Balaban J connectivity index is 1.19. The van der Waals surface area contributed by atoms with Gasteiger partial charge in [0.25, 0.3) is 22.7 Å². The van der Waals surface area contributed by atoms with Gasteiger partial charge in [0, 0.05) is 37.7 Å². The first-order chi connectivity index (χ1) is 21.1. The maximum absolute atomic E-state index is 13.1. The van der Waals surface area contributed by atoms with Crippen molar-refractivity contribution in [3.8, 4) is 0 Å². The van der Waals surface area contributed by atoms with Crippen molar-refractivity contribution in [1.82, 2.24) is 20.6 Å². The molecule has 3 aromatic rings. The number of hydrogen-bond donors (Lipinski definition) is 5. The van der Waals surface area contributed by atoms with Gasteiger partial charge < -0.3 is 32.8 Å². The Morgan fingerprint density at radius 1 is 1.07 bits per heavy atom. The van der Waals surface area contributed by atoms with Gasteiger partial charge in [0.15, 0.2) is 0 Å². The summed E-state index contributed by atoms with van der Waals surface area (Å²) < 4.78 is 0. The van der Waals surface area contributed by atoms with Gasteiger partial charge in [0.05, 0.1) is 0 Å². The van der Waals surface area contributed by atoms with Crippen LogP contribution in [0.4, 0.5) is 11.4 Å². The van der Waals surface area contributed by atoms with Gasteiger partial charge in [-0.2, -0.15) is 5.10 Å². The summed E-state index contributed by atoms with van der Waals surface area (Å²) in [6.07, 6.45) is 9.82. The normalized spacial score (nSPS) is 20.8. The molecular weight excluding hydrogens is 562 g/mol. The lowest BCUT2D eigenvalue weighted by atomic mass is 9.96. The number of hydrazone groups is 1. The highest BCUT2D eigenvalue weighted by Crippen LogP contribution is 2.26. The number of carbonyl (C=O) groups excluding carboxylic acids is 2. The molecule has 1 aliphatic heterocycles. The van der Waals surface area contributed by atoms with Crippen molar-refractivity contribution in [1.29, 1.82) is 0 Å². The second-order valence-electron chi connectivity index (χ2n) is 11.1. The summed E-state index contributed by atoms with van der Waals surface area (Å²) in [5.41, 5.74) is 15.0. The van der Waals surface area contributed by atoms with Crippen molar-refractivity contribution >= 4 is 29.0 Å². The third kappa shape index (κ3) is 6.51. The summed E-state index contributed by atoms with van der Waals surface area (Å²) in [7, 11) is 0. The molecule has 2 heterocycles. The first-order valence-electron chi connectivity index (χ1n) is 14.4. The lowest BCUT2D eigenvalue weighted by Gasteiger charge is -2.32. The predicted octanol–water partition coefficient (Wildman–Crippen LogP) is 0.779. The lowest BCUT2D eigenvalue weighted by Crippen LogP contribution is -2.44. The van der Waals surface area contributed by atoms with Gasteiger partial charge >= 0.3 is 0 Å². The smallest absolute Gasteiger partial charge is 0.270 e. The molecule has 2 aliphatic rings. The van der Waals surface area contributed by atoms with E-state index in [0.717, 1.165) is 28.7 Å². The second-order valence-corrected chi connectivity index (χ2v) is 11.1. The summed E-state index contributed by atoms with van der Waals surface area (Å²) in [5, 5.41) is 9.44. The molecule has 13 heteroatoms. The lowest BCUT2D eigenvalue weighted by molar-refractivity contribution is 0.0937. The number of nitrogen functional groups attached to an aromatic ring is 1. The van der Waals surface area contributed by atoms with Gasteiger partial charge in [0.2, 0.25) is 0 Å². The molecule has 0 saturated heterocycles. The molecule has 0 radical (unpaired) electrons. The third-order valence-electron chi connectivity index (χ3n) is 8.04. The maximum atomic E-state index is 13.1. The average Bonchev–Trinajstić information content (AvgIpc) is 3.13. The van der Waals surface area contributed by atoms with Crippen molar-refractivity contribution in [2.24, 2.45) is 22.6 Å². The van der Waals surface area contributed by atoms with Crippen molar-refractivity contribution in [3.63, 3.8) is 0 Å². The zero-order valence-corrected chi connectivity index (χ0v) is 24.4. The van der Waals surface area contributed by atoms with E-state index in [-0.39, 0.29) is 41.3 Å². The molecule has 1 aromatic heterocycles. The molecule has 5 rings (SSSR count). The van der Waals surface area contributed by atoms with Crippen molar-refractivity contribution in [2.45, 2.75) is 51.7 Å². The van der Waals surface area contributed by atoms with Crippen LogP contribution in [-0.4, -0.2) is 40.2 Å². The average molecular weight is 598 g/mol. The van der Waals surface area contributed by atoms with Gasteiger partial charge in [-0.25, -0.2) is 9.97 Å². The summed E-state index contributed by atoms with van der Waals surface area (Å²) >= 11 is 0. The molecular formula is C31H35N9O4. The van der Waals surface area contributed by atoms with Gasteiger partial charge in [-0.15, -0.1) is 0 Å². The minimum absolute atomic E-state index is 0.0149. The molecule has 2 atom stereocenters. The molecule has 44 heavy (non-hydrogen) atoms. The van der Waals surface area contributed by atoms with E-state index in [1.54, 1.807) is 0 Å². The highest BCUT2D eigenvalue weighted by atomic mass is 16.2. The van der Waals surface area contributed by atoms with E-state index in [4.69, 9.17) is 17.3 Å². The van der Waals surface area contributed by atoms with Crippen LogP contribution in [0.2, 0.25) is 0 Å². The molecule has 1 aliphatic carbocycles. The van der Waals surface area contributed by atoms with Crippen LogP contribution in [0.1, 0.15) is 63.9 Å². The number of allylic oxidation sites excluding steroid dienone is 2. The molecule has 2 unspecified atom stereocenters. The quantitative estimate of drug-likeness (QED) is 0.0645. The SMILES string of the molecule is C/C1=C\C(/C(N)=N/N)C/C=C/C(NC(=O)c2cc(C(=O)NCc3ccc4c(c3)CN(c3c(N)c(=O)c3=O)CC4)ncn2)CC1.